The summed E-state index contributed by atoms with van der Waals surface area (Å²) in [5, 5.41) is 0. The summed E-state index contributed by atoms with van der Waals surface area (Å²) in [6, 6.07) is 9.45. The summed E-state index contributed by atoms with van der Waals surface area (Å²) >= 11 is 0. The molecule has 1 aromatic rings. The summed E-state index contributed by atoms with van der Waals surface area (Å²) in [4.78, 5) is 9.94. The van der Waals surface area contributed by atoms with Crippen LogP contribution in [0.4, 0.5) is 0 Å². The number of carbonyl (C=O) groups is 1. The maximum Gasteiger partial charge on any atom is 0.295 e. The van der Waals surface area contributed by atoms with E-state index in [-0.39, 0.29) is 0 Å². The van der Waals surface area contributed by atoms with Crippen molar-refractivity contribution in [2.75, 3.05) is 13.2 Å². The normalized spacial score (nSPS) is 11.8. The molecule has 1 atom stereocenters. The van der Waals surface area contributed by atoms with Gasteiger partial charge in [0.1, 0.15) is 12.4 Å². The smallest absolute Gasteiger partial charge is 0.295 e. The molecule has 1 unspecified atom stereocenters. The van der Waals surface area contributed by atoms with Crippen molar-refractivity contribution in [3.63, 3.8) is 0 Å². The molecular formula is C11H14O4. The number of hydrogen-bond donors (Lipinski definition) is 0. The van der Waals surface area contributed by atoms with Crippen LogP contribution in [0, 0.1) is 0 Å². The highest BCUT2D eigenvalue weighted by molar-refractivity contribution is 5.37. The molecule has 0 N–H and O–H groups in total. The molecule has 1 aromatic carbocycles. The Kier molecular flexibility index (Phi) is 5.25. The number of benzene rings is 1. The van der Waals surface area contributed by atoms with E-state index in [1.54, 1.807) is 6.92 Å². The molecule has 82 valence electrons. The van der Waals surface area contributed by atoms with Crippen LogP contribution in [0.15, 0.2) is 30.3 Å². The minimum atomic E-state index is -0.526. The second kappa shape index (κ2) is 6.84. The number of rotatable bonds is 7. The molecule has 4 nitrogen and oxygen atoms in total. The van der Waals surface area contributed by atoms with E-state index >= 15 is 0 Å². The average Bonchev–Trinajstić information content (AvgIpc) is 2.26. The molecule has 0 aromatic heterocycles. The standard InChI is InChI=1S/C11H14O4/c1-10(15-9-12)13-7-8-14-11-5-3-2-4-6-11/h2-6,9-10H,7-8H2,1H3. The van der Waals surface area contributed by atoms with Crippen molar-refractivity contribution in [2.24, 2.45) is 0 Å². The lowest BCUT2D eigenvalue weighted by Gasteiger charge is -2.11. The van der Waals surface area contributed by atoms with Crippen molar-refractivity contribution in [3.05, 3.63) is 30.3 Å². The fraction of sp³-hybridized carbons (Fsp3) is 0.364. The van der Waals surface area contributed by atoms with Gasteiger partial charge in [0.25, 0.3) is 6.47 Å². The van der Waals surface area contributed by atoms with Gasteiger partial charge in [0.05, 0.1) is 6.61 Å². The molecule has 0 aliphatic rings. The zero-order chi connectivity index (χ0) is 10.9. The average molecular weight is 210 g/mol. The Morgan fingerprint density at radius 2 is 2.00 bits per heavy atom. The van der Waals surface area contributed by atoms with E-state index < -0.39 is 6.29 Å². The van der Waals surface area contributed by atoms with Crippen LogP contribution in [0.5, 0.6) is 5.75 Å². The largest absolute Gasteiger partial charge is 0.491 e. The first-order chi connectivity index (χ1) is 7.33. The third-order valence-corrected chi connectivity index (χ3v) is 1.70. The monoisotopic (exact) mass is 210 g/mol. The van der Waals surface area contributed by atoms with Gasteiger partial charge in [0.15, 0.2) is 6.29 Å². The molecule has 0 saturated carbocycles. The highest BCUT2D eigenvalue weighted by Crippen LogP contribution is 2.07. The Labute approximate surface area is 88.8 Å². The maximum absolute atomic E-state index is 9.94. The molecule has 4 heteroatoms. The number of carbonyl (C=O) groups excluding carboxylic acids is 1. The van der Waals surface area contributed by atoms with Crippen LogP contribution in [0.25, 0.3) is 0 Å². The quantitative estimate of drug-likeness (QED) is 0.389. The van der Waals surface area contributed by atoms with E-state index in [1.807, 2.05) is 30.3 Å². The van der Waals surface area contributed by atoms with Crippen LogP contribution >= 0.6 is 0 Å². The van der Waals surface area contributed by atoms with Crippen molar-refractivity contribution in [3.8, 4) is 5.75 Å². The van der Waals surface area contributed by atoms with Crippen LogP contribution in [0.3, 0.4) is 0 Å². The van der Waals surface area contributed by atoms with Crippen LogP contribution < -0.4 is 4.74 Å². The Morgan fingerprint density at radius 1 is 1.27 bits per heavy atom. The fourth-order valence-electron chi connectivity index (χ4n) is 1.01. The molecule has 15 heavy (non-hydrogen) atoms. The SMILES string of the molecule is CC(OC=O)OCCOc1ccccc1. The highest BCUT2D eigenvalue weighted by Gasteiger charge is 2.00. The van der Waals surface area contributed by atoms with Gasteiger partial charge in [0, 0.05) is 0 Å². The zero-order valence-electron chi connectivity index (χ0n) is 8.59. The minimum Gasteiger partial charge on any atom is -0.491 e. The third kappa shape index (κ3) is 5.02. The summed E-state index contributed by atoms with van der Waals surface area (Å²) in [6.07, 6.45) is -0.526. The molecule has 0 spiro atoms. The Hall–Kier alpha value is -1.55. The van der Waals surface area contributed by atoms with Gasteiger partial charge in [-0.1, -0.05) is 18.2 Å². The second-order valence-electron chi connectivity index (χ2n) is 2.83. The summed E-state index contributed by atoms with van der Waals surface area (Å²) in [5.41, 5.74) is 0. The summed E-state index contributed by atoms with van der Waals surface area (Å²) < 4.78 is 15.0. The van der Waals surface area contributed by atoms with Crippen LogP contribution in [-0.2, 0) is 14.3 Å². The lowest BCUT2D eigenvalue weighted by Crippen LogP contribution is -2.16. The van der Waals surface area contributed by atoms with Gasteiger partial charge < -0.3 is 14.2 Å². The first kappa shape index (κ1) is 11.5. The van der Waals surface area contributed by atoms with Gasteiger partial charge in [0.2, 0.25) is 0 Å². The lowest BCUT2D eigenvalue weighted by molar-refractivity contribution is -0.160. The summed E-state index contributed by atoms with van der Waals surface area (Å²) in [5.74, 6) is 0.796. The summed E-state index contributed by atoms with van der Waals surface area (Å²) in [7, 11) is 0. The Balaban J connectivity index is 2.09. The topological polar surface area (TPSA) is 44.8 Å². The second-order valence-corrected chi connectivity index (χ2v) is 2.83. The number of para-hydroxylation sites is 1. The predicted molar refractivity (Wildman–Crippen MR) is 54.5 cm³/mol. The van der Waals surface area contributed by atoms with Crippen LogP contribution in [0.2, 0.25) is 0 Å². The fourth-order valence-corrected chi connectivity index (χ4v) is 1.01. The van der Waals surface area contributed by atoms with Gasteiger partial charge in [-0.2, -0.15) is 0 Å². The summed E-state index contributed by atoms with van der Waals surface area (Å²) in [6.45, 7) is 2.82. The first-order valence-corrected chi connectivity index (χ1v) is 4.71. The van der Waals surface area contributed by atoms with Gasteiger partial charge in [-0.25, -0.2) is 0 Å². The first-order valence-electron chi connectivity index (χ1n) is 4.71. The molecule has 0 bridgehead atoms. The molecular weight excluding hydrogens is 196 g/mol. The number of hydrogen-bond acceptors (Lipinski definition) is 4. The van der Waals surface area contributed by atoms with E-state index in [9.17, 15) is 4.79 Å². The lowest BCUT2D eigenvalue weighted by atomic mass is 10.3. The van der Waals surface area contributed by atoms with Crippen molar-refractivity contribution in [1.29, 1.82) is 0 Å². The van der Waals surface area contributed by atoms with E-state index in [1.165, 1.54) is 0 Å². The van der Waals surface area contributed by atoms with Crippen molar-refractivity contribution in [1.82, 2.24) is 0 Å². The van der Waals surface area contributed by atoms with Gasteiger partial charge in [-0.05, 0) is 19.1 Å². The minimum absolute atomic E-state index is 0.364. The maximum atomic E-state index is 9.94. The molecule has 0 radical (unpaired) electrons. The van der Waals surface area contributed by atoms with Gasteiger partial charge >= 0.3 is 0 Å². The van der Waals surface area contributed by atoms with Crippen molar-refractivity contribution < 1.29 is 19.0 Å². The van der Waals surface area contributed by atoms with E-state index in [0.717, 1.165) is 5.75 Å². The molecule has 0 saturated heterocycles. The van der Waals surface area contributed by atoms with Crippen LogP contribution in [0.1, 0.15) is 6.92 Å². The van der Waals surface area contributed by atoms with Crippen molar-refractivity contribution in [2.45, 2.75) is 13.2 Å². The Morgan fingerprint density at radius 3 is 2.67 bits per heavy atom. The predicted octanol–water partition coefficient (Wildman–Crippen LogP) is 1.60. The van der Waals surface area contributed by atoms with E-state index in [0.29, 0.717) is 19.7 Å². The third-order valence-electron chi connectivity index (χ3n) is 1.70. The Bertz CT molecular complexity index is 273. The van der Waals surface area contributed by atoms with Crippen LogP contribution in [-0.4, -0.2) is 26.0 Å². The molecule has 1 rings (SSSR count). The van der Waals surface area contributed by atoms with E-state index in [4.69, 9.17) is 9.47 Å². The number of ether oxygens (including phenoxy) is 3. The molecule has 0 amide bonds. The molecule has 0 fully saturated rings. The molecule has 0 aliphatic carbocycles. The van der Waals surface area contributed by atoms with Gasteiger partial charge in [-0.15, -0.1) is 0 Å². The highest BCUT2D eigenvalue weighted by atomic mass is 16.7. The van der Waals surface area contributed by atoms with Crippen molar-refractivity contribution >= 4 is 6.47 Å². The molecule has 0 aliphatic heterocycles. The zero-order valence-corrected chi connectivity index (χ0v) is 8.59. The molecule has 0 heterocycles. The van der Waals surface area contributed by atoms with E-state index in [2.05, 4.69) is 4.74 Å². The van der Waals surface area contributed by atoms with Gasteiger partial charge in [-0.3, -0.25) is 4.79 Å².